The van der Waals surface area contributed by atoms with Gasteiger partial charge in [-0.25, -0.2) is 0 Å². The van der Waals surface area contributed by atoms with Gasteiger partial charge in [0, 0.05) is 23.2 Å². The molecule has 2 aromatic carbocycles. The number of anilines is 1. The smallest absolute Gasteiger partial charge is 0.231 e. The number of nitrogens with zero attached hydrogens (tertiary/aromatic N) is 1. The molecule has 4 nitrogen and oxygen atoms in total. The number of hydrogen-bond acceptors (Lipinski definition) is 5. The molecule has 3 aliphatic rings. The van der Waals surface area contributed by atoms with Crippen LogP contribution in [0.5, 0.6) is 17.2 Å². The maximum atomic E-state index is 5.59. The van der Waals surface area contributed by atoms with Crippen LogP contribution in [0.1, 0.15) is 30.1 Å². The largest absolute Gasteiger partial charge is 0.497 e. The van der Waals surface area contributed by atoms with E-state index in [4.69, 9.17) is 14.2 Å². The van der Waals surface area contributed by atoms with Crippen LogP contribution in [0.4, 0.5) is 5.69 Å². The van der Waals surface area contributed by atoms with Gasteiger partial charge in [-0.3, -0.25) is 0 Å². The van der Waals surface area contributed by atoms with Gasteiger partial charge in [-0.2, -0.15) is 0 Å². The summed E-state index contributed by atoms with van der Waals surface area (Å²) in [5.41, 5.74) is 2.66. The number of fused-ring (bicyclic) bond motifs is 2. The van der Waals surface area contributed by atoms with Crippen LogP contribution in [0.15, 0.2) is 41.3 Å². The van der Waals surface area contributed by atoms with Crippen molar-refractivity contribution in [2.75, 3.05) is 31.9 Å². The molecule has 0 N–H and O–H groups in total. The lowest BCUT2D eigenvalue weighted by atomic mass is 10.1. The summed E-state index contributed by atoms with van der Waals surface area (Å²) in [5, 5.41) is 0.402. The van der Waals surface area contributed by atoms with E-state index < -0.39 is 0 Å². The van der Waals surface area contributed by atoms with E-state index in [2.05, 4.69) is 35.2 Å². The third kappa shape index (κ3) is 3.09. The second-order valence-corrected chi connectivity index (χ2v) is 8.48. The quantitative estimate of drug-likeness (QED) is 0.767. The summed E-state index contributed by atoms with van der Waals surface area (Å²) < 4.78 is 16.5. The third-order valence-electron chi connectivity index (χ3n) is 5.38. The lowest BCUT2D eigenvalue weighted by Gasteiger charge is -2.24. The first-order chi connectivity index (χ1) is 12.8. The molecule has 26 heavy (non-hydrogen) atoms. The van der Waals surface area contributed by atoms with E-state index in [0.717, 1.165) is 36.1 Å². The molecule has 1 saturated carbocycles. The molecular formula is C21H23NO3S. The predicted octanol–water partition coefficient (Wildman–Crippen LogP) is 4.88. The predicted molar refractivity (Wildman–Crippen MR) is 104 cm³/mol. The molecule has 136 valence electrons. The minimum Gasteiger partial charge on any atom is -0.497 e. The average molecular weight is 369 g/mol. The number of rotatable bonds is 4. The Morgan fingerprint density at radius 2 is 1.96 bits per heavy atom. The lowest BCUT2D eigenvalue weighted by molar-refractivity contribution is 0.174. The number of benzene rings is 2. The minimum absolute atomic E-state index is 0.325. The highest BCUT2D eigenvalue weighted by molar-refractivity contribution is 7.99. The standard InChI is InChI=1S/C21H23NO3S/c1-23-16-5-6-17-21(11-16)26-20(8-9-22(17)12-14-2-3-14)15-4-7-18-19(10-15)25-13-24-18/h4-7,10-11,14,20H,2-3,8-9,12-13H2,1H3. The van der Waals surface area contributed by atoms with Crippen LogP contribution in [0, 0.1) is 5.92 Å². The van der Waals surface area contributed by atoms with E-state index in [1.807, 2.05) is 17.8 Å². The van der Waals surface area contributed by atoms with Crippen LogP contribution < -0.4 is 19.1 Å². The second kappa shape index (κ2) is 6.62. The van der Waals surface area contributed by atoms with Gasteiger partial charge in [0.05, 0.1) is 12.8 Å². The van der Waals surface area contributed by atoms with Crippen LogP contribution >= 0.6 is 11.8 Å². The second-order valence-electron chi connectivity index (χ2n) is 7.23. The fraction of sp³-hybridized carbons (Fsp3) is 0.429. The number of ether oxygens (including phenoxy) is 3. The third-order valence-corrected chi connectivity index (χ3v) is 6.76. The SMILES string of the molecule is COc1ccc2c(c1)SC(c1ccc3c(c1)OCO3)CCN2CC1CC1. The van der Waals surface area contributed by atoms with Crippen molar-refractivity contribution in [3.8, 4) is 17.2 Å². The first-order valence-corrected chi connectivity index (χ1v) is 10.2. The molecule has 5 heteroatoms. The molecule has 1 aliphatic carbocycles. The van der Waals surface area contributed by atoms with Gasteiger partial charge in [0.2, 0.25) is 6.79 Å². The molecule has 2 aromatic rings. The van der Waals surface area contributed by atoms with E-state index in [0.29, 0.717) is 12.0 Å². The van der Waals surface area contributed by atoms with Crippen LogP contribution in [0.2, 0.25) is 0 Å². The summed E-state index contributed by atoms with van der Waals surface area (Å²) in [6.45, 7) is 2.58. The van der Waals surface area contributed by atoms with Crippen LogP contribution in [0.3, 0.4) is 0 Å². The van der Waals surface area contributed by atoms with Crippen molar-refractivity contribution in [1.82, 2.24) is 0 Å². The van der Waals surface area contributed by atoms with E-state index in [-0.39, 0.29) is 0 Å². The Morgan fingerprint density at radius 1 is 1.08 bits per heavy atom. The summed E-state index contributed by atoms with van der Waals surface area (Å²) in [6, 6.07) is 12.9. The number of methoxy groups -OCH3 is 1. The van der Waals surface area contributed by atoms with Gasteiger partial charge >= 0.3 is 0 Å². The van der Waals surface area contributed by atoms with Crippen molar-refractivity contribution in [2.24, 2.45) is 5.92 Å². The highest BCUT2D eigenvalue weighted by atomic mass is 32.2. The maximum Gasteiger partial charge on any atom is 0.231 e. The fourth-order valence-corrected chi connectivity index (χ4v) is 5.05. The van der Waals surface area contributed by atoms with Crippen molar-refractivity contribution in [1.29, 1.82) is 0 Å². The van der Waals surface area contributed by atoms with Gasteiger partial charge in [-0.15, -0.1) is 11.8 Å². The molecular weight excluding hydrogens is 346 g/mol. The summed E-state index contributed by atoms with van der Waals surface area (Å²) >= 11 is 1.94. The van der Waals surface area contributed by atoms with Crippen molar-refractivity contribution in [3.05, 3.63) is 42.0 Å². The normalized spacial score (nSPS) is 21.3. The Labute approximate surface area is 158 Å². The monoisotopic (exact) mass is 369 g/mol. The fourth-order valence-electron chi connectivity index (χ4n) is 3.73. The lowest BCUT2D eigenvalue weighted by Crippen LogP contribution is -2.26. The molecule has 0 spiro atoms. The van der Waals surface area contributed by atoms with Gasteiger partial charge in [0.15, 0.2) is 11.5 Å². The molecule has 0 aromatic heterocycles. The first-order valence-electron chi connectivity index (χ1n) is 9.29. The van der Waals surface area contributed by atoms with Crippen molar-refractivity contribution in [2.45, 2.75) is 29.4 Å². The Bertz CT molecular complexity index is 821. The van der Waals surface area contributed by atoms with Gasteiger partial charge in [0.25, 0.3) is 0 Å². The molecule has 0 amide bonds. The van der Waals surface area contributed by atoms with Crippen LogP contribution in [0.25, 0.3) is 0 Å². The van der Waals surface area contributed by atoms with Crippen molar-refractivity contribution >= 4 is 17.4 Å². The zero-order valence-electron chi connectivity index (χ0n) is 14.9. The van der Waals surface area contributed by atoms with Gasteiger partial charge in [-0.1, -0.05) is 6.07 Å². The van der Waals surface area contributed by atoms with Gasteiger partial charge < -0.3 is 19.1 Å². The van der Waals surface area contributed by atoms with Gasteiger partial charge in [0.1, 0.15) is 5.75 Å². The first kappa shape index (κ1) is 16.2. The zero-order valence-corrected chi connectivity index (χ0v) is 15.8. The van der Waals surface area contributed by atoms with Crippen LogP contribution in [-0.4, -0.2) is 27.0 Å². The highest BCUT2D eigenvalue weighted by Crippen LogP contribution is 2.48. The minimum atomic E-state index is 0.325. The van der Waals surface area contributed by atoms with E-state index in [9.17, 15) is 0 Å². The summed E-state index contributed by atoms with van der Waals surface area (Å²) in [7, 11) is 1.74. The van der Waals surface area contributed by atoms with E-state index >= 15 is 0 Å². The average Bonchev–Trinajstić information content (AvgIpc) is 3.40. The van der Waals surface area contributed by atoms with Gasteiger partial charge in [-0.05, 0) is 61.1 Å². The van der Waals surface area contributed by atoms with Crippen molar-refractivity contribution in [3.63, 3.8) is 0 Å². The molecule has 0 radical (unpaired) electrons. The van der Waals surface area contributed by atoms with Crippen LogP contribution in [-0.2, 0) is 0 Å². The summed E-state index contributed by atoms with van der Waals surface area (Å²) in [5.74, 6) is 3.52. The molecule has 0 saturated heterocycles. The summed E-state index contributed by atoms with van der Waals surface area (Å²) in [6.07, 6.45) is 3.87. The molecule has 1 atom stereocenters. The Balaban J connectivity index is 1.47. The van der Waals surface area contributed by atoms with E-state index in [1.165, 1.54) is 35.5 Å². The van der Waals surface area contributed by atoms with E-state index in [1.54, 1.807) is 7.11 Å². The Kier molecular flexibility index (Phi) is 4.12. The number of hydrogen-bond donors (Lipinski definition) is 0. The molecule has 5 rings (SSSR count). The molecule has 2 heterocycles. The zero-order chi connectivity index (χ0) is 17.5. The Hall–Kier alpha value is -2.01. The molecule has 1 fully saturated rings. The van der Waals surface area contributed by atoms with Crippen molar-refractivity contribution < 1.29 is 14.2 Å². The summed E-state index contributed by atoms with van der Waals surface area (Å²) in [4.78, 5) is 3.89. The topological polar surface area (TPSA) is 30.9 Å². The molecule has 2 aliphatic heterocycles. The Morgan fingerprint density at radius 3 is 2.81 bits per heavy atom. The maximum absolute atomic E-state index is 5.59. The molecule has 0 bridgehead atoms. The molecule has 1 unspecified atom stereocenters. The highest BCUT2D eigenvalue weighted by Gasteiger charge is 2.29. The number of thioether (sulfide) groups is 1.